The Morgan fingerprint density at radius 3 is 2.59 bits per heavy atom. The van der Waals surface area contributed by atoms with E-state index >= 15 is 0 Å². The molecule has 0 saturated heterocycles. The molecule has 0 unspecified atom stereocenters. The Hall–Kier alpha value is -3.91. The van der Waals surface area contributed by atoms with Crippen molar-refractivity contribution >= 4 is 45.5 Å². The van der Waals surface area contributed by atoms with Gasteiger partial charge in [0.05, 0.1) is 7.11 Å². The summed E-state index contributed by atoms with van der Waals surface area (Å²) in [7, 11) is 1.56. The van der Waals surface area contributed by atoms with E-state index in [1.807, 2.05) is 30.3 Å². The second-order valence-corrected chi connectivity index (χ2v) is 8.34. The van der Waals surface area contributed by atoms with E-state index in [2.05, 4.69) is 26.2 Å². The average Bonchev–Trinajstić information content (AvgIpc) is 3.18. The number of ether oxygens (including phenoxy) is 3. The third kappa shape index (κ3) is 5.71. The minimum absolute atomic E-state index is 0.164. The zero-order chi connectivity index (χ0) is 24.1. The number of amides is 1. The number of nitrogens with one attached hydrogen (secondary N) is 1. The molecule has 34 heavy (non-hydrogen) atoms. The first-order valence-electron chi connectivity index (χ1n) is 10.4. The second kappa shape index (κ2) is 10.4. The Morgan fingerprint density at radius 2 is 1.88 bits per heavy atom. The van der Waals surface area contributed by atoms with Gasteiger partial charge in [-0.2, -0.15) is 0 Å². The number of rotatable bonds is 7. The smallest absolute Gasteiger partial charge is 0.363 e. The molecule has 0 saturated carbocycles. The van der Waals surface area contributed by atoms with E-state index in [-0.39, 0.29) is 17.5 Å². The van der Waals surface area contributed by atoms with Gasteiger partial charge in [-0.3, -0.25) is 4.79 Å². The van der Waals surface area contributed by atoms with Crippen molar-refractivity contribution in [3.05, 3.63) is 93.6 Å². The van der Waals surface area contributed by atoms with Gasteiger partial charge in [0.25, 0.3) is 0 Å². The van der Waals surface area contributed by atoms with Gasteiger partial charge in [-0.1, -0.05) is 34.1 Å². The molecule has 0 bridgehead atoms. The number of cyclic esters (lactones) is 1. The zero-order valence-corrected chi connectivity index (χ0v) is 20.1. The summed E-state index contributed by atoms with van der Waals surface area (Å²) in [6.07, 6.45) is 1.63. The third-order valence-electron chi connectivity index (χ3n) is 4.85. The predicted molar refractivity (Wildman–Crippen MR) is 133 cm³/mol. The molecule has 1 heterocycles. The summed E-state index contributed by atoms with van der Waals surface area (Å²) >= 11 is 3.45. The van der Waals surface area contributed by atoms with Gasteiger partial charge in [-0.25, -0.2) is 9.79 Å². The molecular formula is C26H21BrN2O5. The van der Waals surface area contributed by atoms with Crippen molar-refractivity contribution in [2.75, 3.05) is 12.4 Å². The number of carbonyl (C=O) groups excluding carboxylic acids is 2. The Morgan fingerprint density at radius 1 is 1.09 bits per heavy atom. The van der Waals surface area contributed by atoms with E-state index in [0.29, 0.717) is 34.9 Å². The van der Waals surface area contributed by atoms with Crippen LogP contribution in [-0.4, -0.2) is 24.9 Å². The van der Waals surface area contributed by atoms with Crippen LogP contribution >= 0.6 is 15.9 Å². The molecule has 172 valence electrons. The summed E-state index contributed by atoms with van der Waals surface area (Å²) in [5.41, 5.74) is 3.17. The standard InChI is InChI=1S/C26H21BrN2O5/c1-16(30)28-21-9-7-19(8-10-21)25-29-22(26(31)34-25)13-17-6-11-23(24(14-17)32-2)33-15-18-4-3-5-20(27)12-18/h3-14H,15H2,1-2H3,(H,28,30)/b22-13-. The van der Waals surface area contributed by atoms with Crippen LogP contribution < -0.4 is 14.8 Å². The van der Waals surface area contributed by atoms with Crippen molar-refractivity contribution in [2.45, 2.75) is 13.5 Å². The minimum Gasteiger partial charge on any atom is -0.493 e. The van der Waals surface area contributed by atoms with Crippen LogP contribution in [-0.2, 0) is 20.9 Å². The van der Waals surface area contributed by atoms with Crippen LogP contribution in [0.3, 0.4) is 0 Å². The second-order valence-electron chi connectivity index (χ2n) is 7.42. The lowest BCUT2D eigenvalue weighted by molar-refractivity contribution is -0.129. The number of benzene rings is 3. The first-order chi connectivity index (χ1) is 16.4. The Kier molecular flexibility index (Phi) is 7.08. The molecule has 0 atom stereocenters. The van der Waals surface area contributed by atoms with Gasteiger partial charge < -0.3 is 19.5 Å². The SMILES string of the molecule is COc1cc(/C=C2\N=C(c3ccc(NC(C)=O)cc3)OC2=O)ccc1OCc1cccc(Br)c1. The first-order valence-corrected chi connectivity index (χ1v) is 11.2. The van der Waals surface area contributed by atoms with Gasteiger partial charge in [0.2, 0.25) is 11.8 Å². The fourth-order valence-electron chi connectivity index (χ4n) is 3.27. The number of hydrogen-bond donors (Lipinski definition) is 1. The highest BCUT2D eigenvalue weighted by Crippen LogP contribution is 2.30. The highest BCUT2D eigenvalue weighted by Gasteiger charge is 2.24. The van der Waals surface area contributed by atoms with Crippen LogP contribution in [0.5, 0.6) is 11.5 Å². The van der Waals surface area contributed by atoms with Crippen LogP contribution in [0.1, 0.15) is 23.6 Å². The van der Waals surface area contributed by atoms with E-state index in [1.54, 1.807) is 49.6 Å². The molecule has 0 aliphatic carbocycles. The summed E-state index contributed by atoms with van der Waals surface area (Å²) < 4.78 is 17.7. The highest BCUT2D eigenvalue weighted by molar-refractivity contribution is 9.10. The largest absolute Gasteiger partial charge is 0.493 e. The quantitative estimate of drug-likeness (QED) is 0.335. The molecule has 7 nitrogen and oxygen atoms in total. The lowest BCUT2D eigenvalue weighted by Gasteiger charge is -2.11. The van der Waals surface area contributed by atoms with Crippen molar-refractivity contribution in [3.8, 4) is 11.5 Å². The van der Waals surface area contributed by atoms with E-state index in [9.17, 15) is 9.59 Å². The molecule has 1 N–H and O–H groups in total. The molecule has 1 aliphatic heterocycles. The van der Waals surface area contributed by atoms with E-state index in [0.717, 1.165) is 10.0 Å². The molecule has 1 amide bonds. The average molecular weight is 521 g/mol. The maximum Gasteiger partial charge on any atom is 0.363 e. The number of anilines is 1. The van der Waals surface area contributed by atoms with Crippen LogP contribution in [0, 0.1) is 0 Å². The first kappa shape index (κ1) is 23.3. The molecule has 4 rings (SSSR count). The third-order valence-corrected chi connectivity index (χ3v) is 5.34. The predicted octanol–water partition coefficient (Wildman–Crippen LogP) is 5.34. The van der Waals surface area contributed by atoms with Crippen molar-refractivity contribution in [1.29, 1.82) is 0 Å². The van der Waals surface area contributed by atoms with Crippen molar-refractivity contribution in [3.63, 3.8) is 0 Å². The normalized spacial score (nSPS) is 13.9. The number of carbonyl (C=O) groups is 2. The molecule has 0 aromatic heterocycles. The van der Waals surface area contributed by atoms with E-state index in [1.165, 1.54) is 6.92 Å². The topological polar surface area (TPSA) is 86.2 Å². The molecular weight excluding hydrogens is 500 g/mol. The number of aliphatic imine (C=N–C) groups is 1. The summed E-state index contributed by atoms with van der Waals surface area (Å²) in [5, 5.41) is 2.69. The number of hydrogen-bond acceptors (Lipinski definition) is 6. The molecule has 3 aromatic carbocycles. The number of methoxy groups -OCH3 is 1. The van der Waals surface area contributed by atoms with Crippen LogP contribution in [0.15, 0.2) is 81.9 Å². The van der Waals surface area contributed by atoms with Crippen LogP contribution in [0.2, 0.25) is 0 Å². The van der Waals surface area contributed by atoms with Crippen molar-refractivity contribution < 1.29 is 23.8 Å². The zero-order valence-electron chi connectivity index (χ0n) is 18.5. The number of halogens is 1. The summed E-state index contributed by atoms with van der Waals surface area (Å²) in [6.45, 7) is 1.82. The Labute approximate surface area is 205 Å². The molecule has 0 radical (unpaired) electrons. The molecule has 3 aromatic rings. The van der Waals surface area contributed by atoms with Gasteiger partial charge in [0, 0.05) is 22.6 Å². The fourth-order valence-corrected chi connectivity index (χ4v) is 3.72. The van der Waals surface area contributed by atoms with E-state index < -0.39 is 5.97 Å². The fraction of sp³-hybridized carbons (Fsp3) is 0.115. The van der Waals surface area contributed by atoms with Gasteiger partial charge in [-0.15, -0.1) is 0 Å². The van der Waals surface area contributed by atoms with Gasteiger partial charge in [0.1, 0.15) is 6.61 Å². The van der Waals surface area contributed by atoms with Crippen LogP contribution in [0.4, 0.5) is 5.69 Å². The number of esters is 1. The number of nitrogens with zero attached hydrogens (tertiary/aromatic N) is 1. The van der Waals surface area contributed by atoms with Gasteiger partial charge in [0.15, 0.2) is 17.2 Å². The maximum absolute atomic E-state index is 12.4. The lowest BCUT2D eigenvalue weighted by atomic mass is 10.1. The van der Waals surface area contributed by atoms with Gasteiger partial charge >= 0.3 is 5.97 Å². The molecule has 0 spiro atoms. The van der Waals surface area contributed by atoms with E-state index in [4.69, 9.17) is 14.2 Å². The Bertz CT molecular complexity index is 1300. The monoisotopic (exact) mass is 520 g/mol. The minimum atomic E-state index is -0.546. The maximum atomic E-state index is 12.4. The summed E-state index contributed by atoms with van der Waals surface area (Å²) in [5.74, 6) is 0.611. The van der Waals surface area contributed by atoms with Crippen molar-refractivity contribution in [2.24, 2.45) is 4.99 Å². The Balaban J connectivity index is 1.50. The molecule has 8 heteroatoms. The summed E-state index contributed by atoms with van der Waals surface area (Å²) in [6, 6.07) is 20.1. The van der Waals surface area contributed by atoms with Gasteiger partial charge in [-0.05, 0) is 65.7 Å². The highest BCUT2D eigenvalue weighted by atomic mass is 79.9. The van der Waals surface area contributed by atoms with Crippen LogP contribution in [0.25, 0.3) is 6.08 Å². The molecule has 0 fully saturated rings. The summed E-state index contributed by atoms with van der Waals surface area (Å²) in [4.78, 5) is 27.9. The molecule has 1 aliphatic rings. The lowest BCUT2D eigenvalue weighted by Crippen LogP contribution is -2.07. The van der Waals surface area contributed by atoms with Crippen molar-refractivity contribution in [1.82, 2.24) is 0 Å².